The summed E-state index contributed by atoms with van der Waals surface area (Å²) in [6, 6.07) is 14.3. The van der Waals surface area contributed by atoms with Gasteiger partial charge in [0.25, 0.3) is 0 Å². The molecule has 1 saturated heterocycles. The first kappa shape index (κ1) is 47.5. The molecule has 6 atom stereocenters. The number of aromatic nitrogens is 4. The number of rotatable bonds is 9. The number of nitrogens with zero attached hydrogens (tertiary/aromatic N) is 4. The molecule has 0 bridgehead atoms. The number of carbonyl (C=O) groups excluding carboxylic acids is 1. The van der Waals surface area contributed by atoms with Crippen LogP contribution in [-0.2, 0) is 9.31 Å². The van der Waals surface area contributed by atoms with Crippen LogP contribution in [0.1, 0.15) is 51.2 Å². The lowest BCUT2D eigenvalue weighted by atomic mass is 9.82. The van der Waals surface area contributed by atoms with Crippen LogP contribution in [0.2, 0.25) is 0 Å². The zero-order valence-corrected chi connectivity index (χ0v) is 39.3. The molecule has 23 heteroatoms. The molecule has 8 nitrogen and oxygen atoms in total. The monoisotopic (exact) mass is 942 g/mol. The second kappa shape index (κ2) is 22.8. The number of methoxy groups -OCH3 is 1. The molecule has 6 unspecified atom stereocenters. The summed E-state index contributed by atoms with van der Waals surface area (Å²) in [6.07, 6.45) is 5.94. The second-order valence-corrected chi connectivity index (χ2v) is 42.7. The van der Waals surface area contributed by atoms with Crippen LogP contribution in [0.25, 0.3) is 11.1 Å². The number of alkyl halides is 4. The predicted octanol–water partition coefficient (Wildman–Crippen LogP) is 11.6. The summed E-state index contributed by atoms with van der Waals surface area (Å²) >= 11 is 3.32. The van der Waals surface area contributed by atoms with E-state index in [9.17, 15) is 22.4 Å². The fourth-order valence-electron chi connectivity index (χ4n) is 3.73. The van der Waals surface area contributed by atoms with Crippen molar-refractivity contribution in [1.29, 1.82) is 0 Å². The fraction of sp³-hybridized carbons (Fsp3) is 0.321. The van der Waals surface area contributed by atoms with E-state index in [0.717, 1.165) is 30.0 Å². The van der Waals surface area contributed by atoms with Gasteiger partial charge in [0.15, 0.2) is 0 Å². The van der Waals surface area contributed by atoms with Gasteiger partial charge in [0.05, 0.1) is 24.5 Å². The average Bonchev–Trinajstić information content (AvgIpc) is 3.81. The van der Waals surface area contributed by atoms with Gasteiger partial charge in [-0.3, -0.25) is 4.79 Å². The van der Waals surface area contributed by atoms with E-state index >= 15 is 0 Å². The van der Waals surface area contributed by atoms with Gasteiger partial charge < -0.3 is 14.0 Å². The molecule has 5 rings (SSSR count). The molecule has 0 radical (unpaired) electrons. The highest BCUT2D eigenvalue weighted by Gasteiger charge is 2.52. The van der Waals surface area contributed by atoms with E-state index in [1.165, 1.54) is 24.8 Å². The van der Waals surface area contributed by atoms with Gasteiger partial charge in [0, 0.05) is 39.7 Å². The van der Waals surface area contributed by atoms with E-state index < -0.39 is 31.4 Å². The maximum absolute atomic E-state index is 12.4. The first-order valence-electron chi connectivity index (χ1n) is 14.6. The summed E-state index contributed by atoms with van der Waals surface area (Å²) in [6.45, 7) is 2.99. The Kier molecular flexibility index (Phi) is 21.3. The Labute approximate surface area is 322 Å². The SMILES string of the molecule is CC1(C)OB(c2cnn(C(F)F)c2)OC1(C)C.COc1ccc(Br)cc1.O=Cc1ccc(-c2cnn(C(F)F)c2)cc1.PPP(P(P)P)P(P)P. The van der Waals surface area contributed by atoms with E-state index in [-0.39, 0.29) is 14.0 Å². The van der Waals surface area contributed by atoms with Gasteiger partial charge in [-0.05, 0) is 78.5 Å². The van der Waals surface area contributed by atoms with Gasteiger partial charge in [-0.25, -0.2) is 9.36 Å². The molecule has 1 aliphatic heterocycles. The number of carbonyl (C=O) groups is 1. The summed E-state index contributed by atoms with van der Waals surface area (Å²) in [5.41, 5.74) is 1.43. The zero-order chi connectivity index (χ0) is 38.5. The van der Waals surface area contributed by atoms with E-state index in [0.29, 0.717) is 32.9 Å². The summed E-state index contributed by atoms with van der Waals surface area (Å²) in [4.78, 5) is 10.4. The minimum absolute atomic E-state index is 0.173. The topological polar surface area (TPSA) is 80.4 Å². The number of hydrogen-bond acceptors (Lipinski definition) is 6. The lowest BCUT2D eigenvalue weighted by Gasteiger charge is -2.32. The van der Waals surface area contributed by atoms with E-state index in [4.69, 9.17) is 14.0 Å². The zero-order valence-electron chi connectivity index (χ0n) is 28.3. The molecular weight excluding hydrogens is 902 g/mol. The molecule has 2 aromatic carbocycles. The van der Waals surface area contributed by atoms with Gasteiger partial charge in [-0.1, -0.05) is 48.2 Å². The van der Waals surface area contributed by atoms with Gasteiger partial charge in [-0.2, -0.15) is 27.8 Å². The Balaban J connectivity index is 0.000000246. The molecule has 280 valence electrons. The number of aldehydes is 1. The normalized spacial score (nSPS) is 14.8. The Morgan fingerprint density at radius 3 is 1.71 bits per heavy atom. The molecule has 4 aromatic rings. The van der Waals surface area contributed by atoms with Crippen molar-refractivity contribution in [2.45, 2.75) is 52.0 Å². The van der Waals surface area contributed by atoms with Crippen LogP contribution < -0.4 is 10.2 Å². The summed E-state index contributed by atoms with van der Waals surface area (Å²) < 4.78 is 68.0. The van der Waals surface area contributed by atoms with Crippen molar-refractivity contribution in [2.24, 2.45) is 0 Å². The van der Waals surface area contributed by atoms with Gasteiger partial charge in [0.1, 0.15) is 12.0 Å². The van der Waals surface area contributed by atoms with Gasteiger partial charge in [0.2, 0.25) is 0 Å². The third-order valence-corrected chi connectivity index (χ3v) is 51.9. The predicted molar refractivity (Wildman–Crippen MR) is 232 cm³/mol. The molecular formula is C28H41BBrF4N4O4P9. The molecule has 0 N–H and O–H groups in total. The van der Waals surface area contributed by atoms with Crippen LogP contribution in [0.4, 0.5) is 17.6 Å². The molecule has 1 aliphatic rings. The molecule has 0 spiro atoms. The second-order valence-electron chi connectivity index (χ2n) is 11.2. The van der Waals surface area contributed by atoms with E-state index in [2.05, 4.69) is 70.8 Å². The molecule has 1 fully saturated rings. The quantitative estimate of drug-likeness (QED) is 0.0720. The summed E-state index contributed by atoms with van der Waals surface area (Å²) in [5.74, 6) is 0.887. The Hall–Kier alpha value is 0.385. The molecule has 2 aromatic heterocycles. The lowest BCUT2D eigenvalue weighted by molar-refractivity contribution is 0.00578. The fourth-order valence-corrected chi connectivity index (χ4v) is 65.1. The highest BCUT2D eigenvalue weighted by molar-refractivity contribution is 9.11. The minimum Gasteiger partial charge on any atom is -0.497 e. The van der Waals surface area contributed by atoms with Crippen LogP contribution in [0.3, 0.4) is 0 Å². The summed E-state index contributed by atoms with van der Waals surface area (Å²) in [7, 11) is 16.6. The Bertz CT molecular complexity index is 1600. The van der Waals surface area contributed by atoms with Gasteiger partial charge >= 0.3 is 20.2 Å². The van der Waals surface area contributed by atoms with Crippen molar-refractivity contribution < 1.29 is 36.4 Å². The lowest BCUT2D eigenvalue weighted by Crippen LogP contribution is -2.41. The Morgan fingerprint density at radius 1 is 0.843 bits per heavy atom. The molecule has 3 heterocycles. The van der Waals surface area contributed by atoms with Crippen molar-refractivity contribution >= 4 is 108 Å². The smallest absolute Gasteiger partial charge is 0.497 e. The van der Waals surface area contributed by atoms with Gasteiger partial charge in [-0.15, -0.1) is 44.6 Å². The first-order chi connectivity index (χ1) is 23.8. The average molecular weight is 943 g/mol. The maximum Gasteiger partial charge on any atom is 0.498 e. The van der Waals surface area contributed by atoms with Crippen LogP contribution in [0.5, 0.6) is 5.75 Å². The third kappa shape index (κ3) is 15.4. The maximum atomic E-state index is 12.4. The van der Waals surface area contributed by atoms with Crippen LogP contribution in [0.15, 0.2) is 77.8 Å². The molecule has 0 amide bonds. The van der Waals surface area contributed by atoms with E-state index in [1.54, 1.807) is 31.4 Å². The number of benzene rings is 2. The van der Waals surface area contributed by atoms with Crippen molar-refractivity contribution in [3.05, 3.63) is 83.4 Å². The van der Waals surface area contributed by atoms with Crippen LogP contribution in [-0.4, -0.2) is 51.3 Å². The Morgan fingerprint density at radius 2 is 1.33 bits per heavy atom. The van der Waals surface area contributed by atoms with E-state index in [1.807, 2.05) is 52.0 Å². The number of halogens is 5. The first-order valence-corrected chi connectivity index (χ1v) is 30.9. The highest BCUT2D eigenvalue weighted by Crippen LogP contribution is 3.04. The van der Waals surface area contributed by atoms with Crippen molar-refractivity contribution in [2.75, 3.05) is 7.11 Å². The molecule has 0 saturated carbocycles. The largest absolute Gasteiger partial charge is 0.498 e. The highest BCUT2D eigenvalue weighted by atomic mass is 79.9. The van der Waals surface area contributed by atoms with Crippen LogP contribution >= 0.6 is 89.5 Å². The molecule has 51 heavy (non-hydrogen) atoms. The van der Waals surface area contributed by atoms with Crippen LogP contribution in [0, 0.1) is 0 Å². The van der Waals surface area contributed by atoms with Crippen molar-refractivity contribution in [3.63, 3.8) is 0 Å². The summed E-state index contributed by atoms with van der Waals surface area (Å²) in [5, 5.41) is 7.09. The molecule has 0 aliphatic carbocycles. The van der Waals surface area contributed by atoms with Crippen molar-refractivity contribution in [3.8, 4) is 16.9 Å². The minimum atomic E-state index is -2.65. The third-order valence-electron chi connectivity index (χ3n) is 7.13. The standard InChI is InChI=1S/C11H8F2N2O.C10H15BF2N2O2.C7H7BrO.H11P9/c12-11(13)15-6-10(5-14-15)9-3-1-8(7-16)2-4-9;1-9(2)10(3,4)17-11(16-9)7-5-14-15(6-7)8(12)13;1-9-7-4-2-6(8)3-5-7;1-6-9(7(2)3)8(4)5/h1-7,11H;5-6,8H,1-4H3;2-5H,1H3;6H,1-5H2. The van der Waals surface area contributed by atoms with Crippen molar-refractivity contribution in [1.82, 2.24) is 19.6 Å². The number of ether oxygens (including phenoxy) is 1. The number of hydrogen-bond donors (Lipinski definition) is 0.